The Balaban J connectivity index is 2.24. The maximum Gasteiger partial charge on any atom is 0.258 e. The van der Waals surface area contributed by atoms with Crippen LogP contribution in [0, 0.1) is 0 Å². The van der Waals surface area contributed by atoms with Crippen LogP contribution in [0.1, 0.15) is 5.69 Å². The number of aromatic nitrogens is 3. The highest BCUT2D eigenvalue weighted by Gasteiger charge is 2.60. The van der Waals surface area contributed by atoms with Gasteiger partial charge in [0.2, 0.25) is 5.60 Å². The summed E-state index contributed by atoms with van der Waals surface area (Å²) in [6.07, 6.45) is -3.15. The Labute approximate surface area is 123 Å². The molecule has 10 nitrogen and oxygen atoms in total. The molecule has 1 aliphatic rings. The molecule has 2 aromatic heterocycles. The van der Waals surface area contributed by atoms with Gasteiger partial charge in [-0.3, -0.25) is 4.79 Å². The summed E-state index contributed by atoms with van der Waals surface area (Å²) >= 11 is 0. The summed E-state index contributed by atoms with van der Waals surface area (Å²) < 4.78 is 6.68. The lowest BCUT2D eigenvalue weighted by atomic mass is 9.90. The van der Waals surface area contributed by atoms with Crippen LogP contribution in [0.5, 0.6) is 0 Å². The van der Waals surface area contributed by atoms with Crippen molar-refractivity contribution in [2.24, 2.45) is 5.73 Å². The van der Waals surface area contributed by atoms with Gasteiger partial charge < -0.3 is 31.5 Å². The van der Waals surface area contributed by atoms with Gasteiger partial charge in [-0.25, -0.2) is 9.50 Å². The zero-order valence-electron chi connectivity index (χ0n) is 11.3. The number of aliphatic hydroxyl groups excluding tert-OH is 3. The fourth-order valence-electron chi connectivity index (χ4n) is 2.74. The third-order valence-corrected chi connectivity index (χ3v) is 3.87. The molecule has 4 atom stereocenters. The van der Waals surface area contributed by atoms with Gasteiger partial charge in [-0.15, -0.1) is 0 Å². The van der Waals surface area contributed by atoms with Crippen LogP contribution < -0.4 is 11.5 Å². The standard InChI is InChI=1S/C12H15N5O5/c13-10-5-1-2-7(17(5)16-4-15-10)12(11(14)21)9(20)8(19)6(3-18)22-12/h1-2,4,6,8-9,18-20H,3H2,(H2,14,21)(H2,13,15,16)/t6-,8-,9-,12+/m1/s1. The molecule has 0 spiro atoms. The van der Waals surface area contributed by atoms with Crippen LogP contribution in [-0.4, -0.2) is 60.7 Å². The van der Waals surface area contributed by atoms with E-state index in [4.69, 9.17) is 16.2 Å². The number of carbonyl (C=O) groups is 1. The van der Waals surface area contributed by atoms with Crippen molar-refractivity contribution in [1.82, 2.24) is 14.6 Å². The number of carbonyl (C=O) groups excluding carboxylic acids is 1. The lowest BCUT2D eigenvalue weighted by molar-refractivity contribution is -0.155. The smallest absolute Gasteiger partial charge is 0.258 e. The Morgan fingerprint density at radius 1 is 1.45 bits per heavy atom. The fourth-order valence-corrected chi connectivity index (χ4v) is 2.74. The highest BCUT2D eigenvalue weighted by Crippen LogP contribution is 2.40. The number of rotatable bonds is 3. The second-order valence-corrected chi connectivity index (χ2v) is 5.04. The van der Waals surface area contributed by atoms with Gasteiger partial charge in [-0.2, -0.15) is 5.10 Å². The lowest BCUT2D eigenvalue weighted by Gasteiger charge is -2.28. The number of primary amides is 1. The van der Waals surface area contributed by atoms with Crippen LogP contribution in [-0.2, 0) is 15.1 Å². The van der Waals surface area contributed by atoms with E-state index in [0.717, 1.165) is 0 Å². The van der Waals surface area contributed by atoms with Gasteiger partial charge in [0.05, 0.1) is 12.3 Å². The SMILES string of the molecule is NC(=O)[C@@]1(c2ccc3c(N)ncnn23)O[C@H](CO)[C@@H](O)[C@H]1O. The molecule has 2 aromatic rings. The summed E-state index contributed by atoms with van der Waals surface area (Å²) in [6, 6.07) is 2.98. The van der Waals surface area contributed by atoms with E-state index < -0.39 is 36.4 Å². The van der Waals surface area contributed by atoms with E-state index in [0.29, 0.717) is 5.52 Å². The van der Waals surface area contributed by atoms with Gasteiger partial charge in [-0.1, -0.05) is 0 Å². The summed E-state index contributed by atoms with van der Waals surface area (Å²) in [5, 5.41) is 33.5. The molecule has 0 aliphatic carbocycles. The number of hydrogen-bond donors (Lipinski definition) is 5. The van der Waals surface area contributed by atoms with Crippen molar-refractivity contribution in [3.63, 3.8) is 0 Å². The zero-order valence-corrected chi connectivity index (χ0v) is 11.3. The highest BCUT2D eigenvalue weighted by molar-refractivity contribution is 5.86. The van der Waals surface area contributed by atoms with E-state index in [1.807, 2.05) is 0 Å². The van der Waals surface area contributed by atoms with Gasteiger partial charge in [0.1, 0.15) is 30.2 Å². The number of amides is 1. The number of hydrogen-bond acceptors (Lipinski definition) is 8. The molecule has 3 rings (SSSR count). The molecule has 1 saturated heterocycles. The Kier molecular flexibility index (Phi) is 3.25. The van der Waals surface area contributed by atoms with Gasteiger partial charge in [-0.05, 0) is 12.1 Å². The summed E-state index contributed by atoms with van der Waals surface area (Å²) in [5.41, 5.74) is 9.56. The highest BCUT2D eigenvalue weighted by atomic mass is 16.6. The maximum absolute atomic E-state index is 12.0. The molecule has 22 heavy (non-hydrogen) atoms. The van der Waals surface area contributed by atoms with E-state index in [1.54, 1.807) is 0 Å². The first kappa shape index (κ1) is 14.7. The third kappa shape index (κ3) is 1.72. The number of ether oxygens (including phenoxy) is 1. The topological polar surface area (TPSA) is 169 Å². The molecule has 1 aliphatic heterocycles. The van der Waals surface area contributed by atoms with Crippen molar-refractivity contribution in [2.45, 2.75) is 23.9 Å². The van der Waals surface area contributed by atoms with Crippen molar-refractivity contribution >= 4 is 17.2 Å². The predicted octanol–water partition coefficient (Wildman–Crippen LogP) is -2.89. The third-order valence-electron chi connectivity index (χ3n) is 3.87. The number of anilines is 1. The molecule has 1 fully saturated rings. The predicted molar refractivity (Wildman–Crippen MR) is 72.2 cm³/mol. The van der Waals surface area contributed by atoms with Crippen molar-refractivity contribution in [1.29, 1.82) is 0 Å². The molecular formula is C12H15N5O5. The van der Waals surface area contributed by atoms with Gasteiger partial charge in [0.25, 0.3) is 5.91 Å². The number of nitrogen functional groups attached to an aromatic ring is 1. The Hall–Kier alpha value is -2.27. The molecule has 1 amide bonds. The van der Waals surface area contributed by atoms with E-state index in [-0.39, 0.29) is 11.5 Å². The molecule has 10 heteroatoms. The number of nitrogens with zero attached hydrogens (tertiary/aromatic N) is 3. The Bertz CT molecular complexity index is 734. The molecule has 0 saturated carbocycles. The van der Waals surface area contributed by atoms with Gasteiger partial charge in [0.15, 0.2) is 5.82 Å². The van der Waals surface area contributed by atoms with E-state index in [2.05, 4.69) is 10.1 Å². The second kappa shape index (κ2) is 4.88. The summed E-state index contributed by atoms with van der Waals surface area (Å²) in [7, 11) is 0. The first-order valence-corrected chi connectivity index (χ1v) is 6.47. The van der Waals surface area contributed by atoms with Gasteiger partial charge in [0, 0.05) is 0 Å². The molecule has 118 valence electrons. The van der Waals surface area contributed by atoms with E-state index in [9.17, 15) is 20.1 Å². The monoisotopic (exact) mass is 309 g/mol. The van der Waals surface area contributed by atoms with Crippen LogP contribution in [0.4, 0.5) is 5.82 Å². The van der Waals surface area contributed by atoms with Crippen LogP contribution in [0.2, 0.25) is 0 Å². The minimum atomic E-state index is -2.06. The first-order valence-electron chi connectivity index (χ1n) is 6.47. The van der Waals surface area contributed by atoms with Crippen molar-refractivity contribution in [2.75, 3.05) is 12.3 Å². The number of fused-ring (bicyclic) bond motifs is 1. The Morgan fingerprint density at radius 3 is 2.77 bits per heavy atom. The normalized spacial score (nSPS) is 31.7. The number of nitrogens with two attached hydrogens (primary N) is 2. The largest absolute Gasteiger partial charge is 0.394 e. The van der Waals surface area contributed by atoms with E-state index in [1.165, 1.54) is 23.0 Å². The average molecular weight is 309 g/mol. The van der Waals surface area contributed by atoms with Gasteiger partial charge >= 0.3 is 0 Å². The van der Waals surface area contributed by atoms with Crippen LogP contribution in [0.3, 0.4) is 0 Å². The minimum Gasteiger partial charge on any atom is -0.394 e. The molecular weight excluding hydrogens is 294 g/mol. The van der Waals surface area contributed by atoms with E-state index >= 15 is 0 Å². The van der Waals surface area contributed by atoms with Crippen LogP contribution >= 0.6 is 0 Å². The molecule has 3 heterocycles. The van der Waals surface area contributed by atoms with Crippen LogP contribution in [0.15, 0.2) is 18.5 Å². The average Bonchev–Trinajstić information content (AvgIpc) is 3.02. The molecule has 0 radical (unpaired) electrons. The van der Waals surface area contributed by atoms with Crippen LogP contribution in [0.25, 0.3) is 5.52 Å². The molecule has 0 aromatic carbocycles. The summed E-state index contributed by atoms with van der Waals surface area (Å²) in [4.78, 5) is 15.8. The second-order valence-electron chi connectivity index (χ2n) is 5.04. The van der Waals surface area contributed by atoms with Crippen molar-refractivity contribution in [3.05, 3.63) is 24.2 Å². The number of aliphatic hydroxyl groups is 3. The lowest BCUT2D eigenvalue weighted by Crippen LogP contribution is -2.51. The summed E-state index contributed by atoms with van der Waals surface area (Å²) in [5.74, 6) is -0.861. The van der Waals surface area contributed by atoms with Crippen molar-refractivity contribution < 1.29 is 24.9 Å². The zero-order chi connectivity index (χ0) is 16.1. The Morgan fingerprint density at radius 2 is 2.18 bits per heavy atom. The van der Waals surface area contributed by atoms with Crippen molar-refractivity contribution in [3.8, 4) is 0 Å². The fraction of sp³-hybridized carbons (Fsp3) is 0.417. The quantitative estimate of drug-likeness (QED) is 0.402. The molecule has 0 unspecified atom stereocenters. The minimum absolute atomic E-state index is 0.0894. The summed E-state index contributed by atoms with van der Waals surface area (Å²) in [6.45, 7) is -0.590. The maximum atomic E-state index is 12.0. The molecule has 7 N–H and O–H groups in total. The first-order chi connectivity index (χ1) is 10.4. The molecule has 0 bridgehead atoms.